The van der Waals surface area contributed by atoms with Crippen molar-refractivity contribution in [2.24, 2.45) is 0 Å². The molecule has 5 rings (SSSR count). The van der Waals surface area contributed by atoms with Gasteiger partial charge in [0, 0.05) is 42.9 Å². The molecule has 2 aromatic carbocycles. The summed E-state index contributed by atoms with van der Waals surface area (Å²) in [6.07, 6.45) is 3.45. The summed E-state index contributed by atoms with van der Waals surface area (Å²) in [6.45, 7) is 1.22. The molecule has 158 valence electrons. The van der Waals surface area contributed by atoms with Gasteiger partial charge in [-0.25, -0.2) is 0 Å². The number of rotatable bonds is 5. The van der Waals surface area contributed by atoms with Crippen LogP contribution in [0.2, 0.25) is 0 Å². The second-order valence-corrected chi connectivity index (χ2v) is 7.76. The Kier molecular flexibility index (Phi) is 4.91. The van der Waals surface area contributed by atoms with E-state index in [2.05, 4.69) is 5.32 Å². The van der Waals surface area contributed by atoms with Crippen molar-refractivity contribution >= 4 is 17.3 Å². The molecule has 31 heavy (non-hydrogen) atoms. The molecule has 8 nitrogen and oxygen atoms in total. The number of ether oxygens (including phenoxy) is 1. The molecule has 2 aliphatic rings. The first kappa shape index (κ1) is 19.3. The Bertz CT molecular complexity index is 1120. The number of fused-ring (bicyclic) bond motifs is 1. The first-order valence-corrected chi connectivity index (χ1v) is 10.3. The van der Waals surface area contributed by atoms with Gasteiger partial charge < -0.3 is 19.5 Å². The van der Waals surface area contributed by atoms with Crippen LogP contribution >= 0.6 is 0 Å². The average molecular weight is 418 g/mol. The van der Waals surface area contributed by atoms with Gasteiger partial charge in [-0.15, -0.1) is 0 Å². The first-order chi connectivity index (χ1) is 15.1. The summed E-state index contributed by atoms with van der Waals surface area (Å²) < 4.78 is 7.77. The van der Waals surface area contributed by atoms with Crippen molar-refractivity contribution < 1.29 is 14.5 Å². The lowest BCUT2D eigenvalue weighted by Gasteiger charge is -2.39. The number of benzene rings is 2. The predicted molar refractivity (Wildman–Crippen MR) is 115 cm³/mol. The zero-order valence-electron chi connectivity index (χ0n) is 16.8. The standard InChI is InChI=1S/C23H22N4O4/c28-23-19-6-1-2-7-20(19)24-22(26(23)15-18-5-4-14-31-18)21-8-3-13-25(21)16-9-11-17(12-10-16)27(29)30/h1-3,6-13,18,22,24H,4-5,14-15H2/t18-,22+/m1/s1. The summed E-state index contributed by atoms with van der Waals surface area (Å²) in [5.41, 5.74) is 3.13. The lowest BCUT2D eigenvalue weighted by Crippen LogP contribution is -2.46. The molecule has 0 unspecified atom stereocenters. The molecule has 0 spiro atoms. The van der Waals surface area contributed by atoms with Crippen LogP contribution in [0, 0.1) is 10.1 Å². The molecule has 1 saturated heterocycles. The van der Waals surface area contributed by atoms with Crippen LogP contribution in [-0.2, 0) is 4.74 Å². The summed E-state index contributed by atoms with van der Waals surface area (Å²) in [5, 5.41) is 14.5. The highest BCUT2D eigenvalue weighted by molar-refractivity contribution is 6.01. The second kappa shape index (κ2) is 7.88. The summed E-state index contributed by atoms with van der Waals surface area (Å²) in [7, 11) is 0. The van der Waals surface area contributed by atoms with E-state index in [1.807, 2.05) is 52.1 Å². The minimum atomic E-state index is -0.415. The quantitative estimate of drug-likeness (QED) is 0.497. The molecule has 1 N–H and O–H groups in total. The number of nitrogens with zero attached hydrogens (tertiary/aromatic N) is 3. The Hall–Kier alpha value is -3.65. The zero-order valence-corrected chi connectivity index (χ0v) is 16.8. The molecule has 3 aromatic rings. The Morgan fingerprint density at radius 2 is 1.90 bits per heavy atom. The van der Waals surface area contributed by atoms with Crippen molar-refractivity contribution in [3.8, 4) is 5.69 Å². The lowest BCUT2D eigenvalue weighted by molar-refractivity contribution is -0.384. The van der Waals surface area contributed by atoms with Gasteiger partial charge >= 0.3 is 0 Å². The van der Waals surface area contributed by atoms with Crippen LogP contribution in [-0.4, -0.2) is 39.6 Å². The normalized spacial score (nSPS) is 20.4. The van der Waals surface area contributed by atoms with Crippen molar-refractivity contribution in [3.05, 3.63) is 88.2 Å². The van der Waals surface area contributed by atoms with Gasteiger partial charge in [-0.3, -0.25) is 14.9 Å². The van der Waals surface area contributed by atoms with E-state index in [0.29, 0.717) is 12.1 Å². The highest BCUT2D eigenvalue weighted by atomic mass is 16.6. The van der Waals surface area contributed by atoms with Crippen LogP contribution in [0.5, 0.6) is 0 Å². The van der Waals surface area contributed by atoms with Crippen molar-refractivity contribution in [2.75, 3.05) is 18.5 Å². The molecule has 1 aromatic heterocycles. The van der Waals surface area contributed by atoms with E-state index >= 15 is 0 Å². The fraction of sp³-hybridized carbons (Fsp3) is 0.261. The summed E-state index contributed by atoms with van der Waals surface area (Å²) >= 11 is 0. The highest BCUT2D eigenvalue weighted by Gasteiger charge is 2.36. The minimum Gasteiger partial charge on any atom is -0.376 e. The van der Waals surface area contributed by atoms with Crippen LogP contribution in [0.15, 0.2) is 66.9 Å². The molecule has 0 saturated carbocycles. The molecule has 2 atom stereocenters. The van der Waals surface area contributed by atoms with Crippen LogP contribution in [0.25, 0.3) is 5.69 Å². The predicted octanol–water partition coefficient (Wildman–Crippen LogP) is 4.13. The van der Waals surface area contributed by atoms with E-state index in [0.717, 1.165) is 36.5 Å². The van der Waals surface area contributed by atoms with E-state index < -0.39 is 11.1 Å². The third-order valence-electron chi connectivity index (χ3n) is 5.85. The van der Waals surface area contributed by atoms with E-state index in [-0.39, 0.29) is 17.7 Å². The van der Waals surface area contributed by atoms with Crippen molar-refractivity contribution in [1.29, 1.82) is 0 Å². The van der Waals surface area contributed by atoms with Crippen molar-refractivity contribution in [2.45, 2.75) is 25.1 Å². The van der Waals surface area contributed by atoms with Gasteiger partial charge in [0.2, 0.25) is 0 Å². The topological polar surface area (TPSA) is 89.6 Å². The molecule has 0 aliphatic carbocycles. The largest absolute Gasteiger partial charge is 0.376 e. The fourth-order valence-electron chi connectivity index (χ4n) is 4.31. The zero-order chi connectivity index (χ0) is 21.4. The number of anilines is 1. The van der Waals surface area contributed by atoms with Gasteiger partial charge in [0.1, 0.15) is 6.17 Å². The number of non-ortho nitro benzene ring substituents is 1. The van der Waals surface area contributed by atoms with Crippen molar-refractivity contribution in [3.63, 3.8) is 0 Å². The van der Waals surface area contributed by atoms with E-state index in [9.17, 15) is 14.9 Å². The summed E-state index contributed by atoms with van der Waals surface area (Å²) in [5.74, 6) is -0.0358. The van der Waals surface area contributed by atoms with E-state index in [1.165, 1.54) is 12.1 Å². The number of hydrogen-bond donors (Lipinski definition) is 1. The molecule has 1 fully saturated rings. The third kappa shape index (κ3) is 3.55. The lowest BCUT2D eigenvalue weighted by atomic mass is 10.0. The smallest absolute Gasteiger partial charge is 0.269 e. The van der Waals surface area contributed by atoms with Gasteiger partial charge in [-0.1, -0.05) is 12.1 Å². The number of carbonyl (C=O) groups is 1. The molecular weight excluding hydrogens is 396 g/mol. The average Bonchev–Trinajstić information content (AvgIpc) is 3.48. The molecular formula is C23H22N4O4. The summed E-state index contributed by atoms with van der Waals surface area (Å²) in [6, 6.07) is 17.8. The maximum Gasteiger partial charge on any atom is 0.269 e. The van der Waals surface area contributed by atoms with Gasteiger partial charge in [-0.2, -0.15) is 0 Å². The van der Waals surface area contributed by atoms with Gasteiger partial charge in [0.25, 0.3) is 11.6 Å². The molecule has 0 bridgehead atoms. The fourth-order valence-corrected chi connectivity index (χ4v) is 4.31. The monoisotopic (exact) mass is 418 g/mol. The SMILES string of the molecule is O=C1c2ccccc2N[C@H](c2cccn2-c2ccc([N+](=O)[O-])cc2)N1C[C@H]1CCCO1. The first-order valence-electron chi connectivity index (χ1n) is 10.3. The molecule has 2 aliphatic heterocycles. The number of para-hydroxylation sites is 1. The molecule has 8 heteroatoms. The molecule has 1 amide bonds. The Morgan fingerprint density at radius 3 is 2.65 bits per heavy atom. The number of aromatic nitrogens is 1. The molecule has 3 heterocycles. The highest BCUT2D eigenvalue weighted by Crippen LogP contribution is 2.35. The number of nitrogens with one attached hydrogen (secondary N) is 1. The Morgan fingerprint density at radius 1 is 1.10 bits per heavy atom. The van der Waals surface area contributed by atoms with Crippen LogP contribution in [0.1, 0.15) is 35.1 Å². The van der Waals surface area contributed by atoms with Crippen LogP contribution in [0.4, 0.5) is 11.4 Å². The summed E-state index contributed by atoms with van der Waals surface area (Å²) in [4.78, 5) is 25.8. The Balaban J connectivity index is 1.53. The number of nitro groups is 1. The van der Waals surface area contributed by atoms with Crippen LogP contribution < -0.4 is 5.32 Å². The number of carbonyl (C=O) groups excluding carboxylic acids is 1. The van der Waals surface area contributed by atoms with Crippen LogP contribution in [0.3, 0.4) is 0 Å². The van der Waals surface area contributed by atoms with Gasteiger partial charge in [0.15, 0.2) is 0 Å². The van der Waals surface area contributed by atoms with E-state index in [1.54, 1.807) is 12.1 Å². The number of amides is 1. The third-order valence-corrected chi connectivity index (χ3v) is 5.85. The maximum absolute atomic E-state index is 13.4. The van der Waals surface area contributed by atoms with Gasteiger partial charge in [0.05, 0.1) is 22.3 Å². The second-order valence-electron chi connectivity index (χ2n) is 7.76. The van der Waals surface area contributed by atoms with E-state index in [4.69, 9.17) is 4.74 Å². The Labute approximate surface area is 179 Å². The number of nitro benzene ring substituents is 1. The number of hydrogen-bond acceptors (Lipinski definition) is 5. The molecule has 0 radical (unpaired) electrons. The van der Waals surface area contributed by atoms with Crippen molar-refractivity contribution in [1.82, 2.24) is 9.47 Å². The maximum atomic E-state index is 13.4. The van der Waals surface area contributed by atoms with Gasteiger partial charge in [-0.05, 0) is 49.2 Å². The minimum absolute atomic E-state index is 0.0151.